The fourth-order valence-electron chi connectivity index (χ4n) is 6.56. The second-order valence-corrected chi connectivity index (χ2v) is 19.2. The minimum Gasteiger partial charge on any atom is -0.358 e. The van der Waals surface area contributed by atoms with Crippen molar-refractivity contribution in [1.29, 1.82) is 0 Å². The number of rotatable bonds is 25. The number of hydrogen-bond acceptors (Lipinski definition) is 7. The number of anilines is 1. The Morgan fingerprint density at radius 3 is 1.17 bits per heavy atom. The fourth-order valence-corrected chi connectivity index (χ4v) is 6.82. The predicted octanol–water partition coefficient (Wildman–Crippen LogP) is 5.09. The van der Waals surface area contributed by atoms with Gasteiger partial charge in [-0.3, -0.25) is 0 Å². The summed E-state index contributed by atoms with van der Waals surface area (Å²) in [7, 11) is 1.49. The molecule has 0 heterocycles. The van der Waals surface area contributed by atoms with E-state index in [1.54, 1.807) is 27.7 Å². The number of benzene rings is 1. The highest BCUT2D eigenvalue weighted by molar-refractivity contribution is 7.80. The molecule has 1 rings (SSSR count). The van der Waals surface area contributed by atoms with Crippen LogP contribution in [-0.4, -0.2) is 124 Å². The second-order valence-electron chi connectivity index (χ2n) is 18.8. The first kappa shape index (κ1) is 63.1. The van der Waals surface area contributed by atoms with Gasteiger partial charge in [0.25, 0.3) is 0 Å². The molecule has 0 aliphatic rings. The summed E-state index contributed by atoms with van der Waals surface area (Å²) in [5, 5.41) is 37.5. The maximum atomic E-state index is 13.3. The summed E-state index contributed by atoms with van der Waals surface area (Å²) in [6, 6.07) is -4.98. The average Bonchev–Trinajstić information content (AvgIpc) is 3.24. The van der Waals surface area contributed by atoms with Crippen LogP contribution in [0.1, 0.15) is 93.2 Å². The highest BCUT2D eigenvalue weighted by Gasteiger charge is 2.37. The SMILES string of the molecule is CNC(=O)NC[C@H](CC(C)C)NC(=O)NC[C@H](C)NC(=O)NC[C@@H](NC(=O)NC[C@H](CC(C)C)NC(=O)NC[C@H](C)NC(=O)NC[C@@H](NC(=S)Nc1cc(C(F)(F)F)cc(C(F)(F)F)c1)C(C)C)C(C)C. The second kappa shape index (κ2) is 30.8. The molecular weight excluding hydrogens is 967 g/mol. The number of carbonyl (C=O) groups excluding carboxylic acids is 6. The molecule has 12 amide bonds. The lowest BCUT2D eigenvalue weighted by atomic mass is 10.0. The summed E-state index contributed by atoms with van der Waals surface area (Å²) in [5.74, 6) is 0.0799. The minimum atomic E-state index is -5.04. The van der Waals surface area contributed by atoms with Gasteiger partial charge in [-0.2, -0.15) is 26.3 Å². The van der Waals surface area contributed by atoms with Gasteiger partial charge in [-0.1, -0.05) is 55.4 Å². The molecule has 0 saturated carbocycles. The van der Waals surface area contributed by atoms with Gasteiger partial charge in [0, 0.05) is 82.2 Å². The molecule has 6 atom stereocenters. The van der Waals surface area contributed by atoms with E-state index in [1.807, 2.05) is 41.5 Å². The maximum absolute atomic E-state index is 13.3. The van der Waals surface area contributed by atoms with Crippen molar-refractivity contribution in [2.75, 3.05) is 51.6 Å². The van der Waals surface area contributed by atoms with Gasteiger partial charge in [0.05, 0.1) is 17.2 Å². The number of urea groups is 6. The molecule has 14 N–H and O–H groups in total. The van der Waals surface area contributed by atoms with Crippen molar-refractivity contribution in [1.82, 2.24) is 69.1 Å². The Bertz CT molecular complexity index is 1850. The van der Waals surface area contributed by atoms with Gasteiger partial charge in [0.2, 0.25) is 0 Å². The van der Waals surface area contributed by atoms with E-state index in [0.29, 0.717) is 25.0 Å². The third-order valence-electron chi connectivity index (χ3n) is 10.4. The Morgan fingerprint density at radius 1 is 0.465 bits per heavy atom. The third-order valence-corrected chi connectivity index (χ3v) is 10.6. The van der Waals surface area contributed by atoms with Crippen LogP contribution < -0.4 is 74.4 Å². The maximum Gasteiger partial charge on any atom is 0.416 e. The molecule has 0 aromatic heterocycles. The van der Waals surface area contributed by atoms with Crippen molar-refractivity contribution in [3.8, 4) is 0 Å². The smallest absolute Gasteiger partial charge is 0.358 e. The van der Waals surface area contributed by atoms with Crippen LogP contribution in [0, 0.1) is 23.7 Å². The van der Waals surface area contributed by atoms with Crippen LogP contribution in [0.2, 0.25) is 0 Å². The van der Waals surface area contributed by atoms with Crippen LogP contribution in [0.4, 0.5) is 60.8 Å². The van der Waals surface area contributed by atoms with Crippen molar-refractivity contribution in [2.45, 2.75) is 131 Å². The largest absolute Gasteiger partial charge is 0.416 e. The van der Waals surface area contributed by atoms with Gasteiger partial charge in [-0.15, -0.1) is 0 Å². The summed E-state index contributed by atoms with van der Waals surface area (Å²) >= 11 is 5.17. The van der Waals surface area contributed by atoms with Crippen LogP contribution in [0.3, 0.4) is 0 Å². The number of hydrogen-bond donors (Lipinski definition) is 14. The molecule has 27 heteroatoms. The zero-order valence-electron chi connectivity index (χ0n) is 42.3. The summed E-state index contributed by atoms with van der Waals surface area (Å²) < 4.78 is 79.9. The van der Waals surface area contributed by atoms with E-state index < -0.39 is 89.5 Å². The van der Waals surface area contributed by atoms with Crippen molar-refractivity contribution in [3.63, 3.8) is 0 Å². The van der Waals surface area contributed by atoms with Crippen LogP contribution in [-0.2, 0) is 12.4 Å². The van der Waals surface area contributed by atoms with E-state index in [1.165, 1.54) is 7.05 Å². The molecular formula is C44H76F6N14O6S. The lowest BCUT2D eigenvalue weighted by Crippen LogP contribution is -2.55. The van der Waals surface area contributed by atoms with E-state index in [2.05, 4.69) is 74.4 Å². The van der Waals surface area contributed by atoms with Crippen LogP contribution in [0.15, 0.2) is 18.2 Å². The molecule has 406 valence electrons. The number of alkyl halides is 6. The van der Waals surface area contributed by atoms with Crippen LogP contribution in [0.5, 0.6) is 0 Å². The van der Waals surface area contributed by atoms with Gasteiger partial charge in [-0.05, 0) is 80.8 Å². The first-order valence-electron chi connectivity index (χ1n) is 23.4. The number of amides is 12. The predicted molar refractivity (Wildman–Crippen MR) is 264 cm³/mol. The summed E-state index contributed by atoms with van der Waals surface area (Å²) in [5.41, 5.74) is -3.56. The van der Waals surface area contributed by atoms with Crippen molar-refractivity contribution < 1.29 is 55.1 Å². The molecule has 0 fully saturated rings. The molecule has 20 nitrogen and oxygen atoms in total. The third kappa shape index (κ3) is 27.9. The molecule has 0 unspecified atom stereocenters. The van der Waals surface area contributed by atoms with Crippen LogP contribution >= 0.6 is 12.2 Å². The zero-order valence-corrected chi connectivity index (χ0v) is 43.1. The Morgan fingerprint density at radius 2 is 0.803 bits per heavy atom. The fraction of sp³-hybridized carbons (Fsp3) is 0.705. The van der Waals surface area contributed by atoms with E-state index in [0.717, 1.165) is 0 Å². The van der Waals surface area contributed by atoms with E-state index >= 15 is 0 Å². The van der Waals surface area contributed by atoms with Gasteiger partial charge >= 0.3 is 48.5 Å². The Hall–Kier alpha value is -5.89. The van der Waals surface area contributed by atoms with Gasteiger partial charge in [-0.25, -0.2) is 28.8 Å². The van der Waals surface area contributed by atoms with Gasteiger partial charge in [0.1, 0.15) is 0 Å². The topological polar surface area (TPSA) is 271 Å². The average molecular weight is 1040 g/mol. The molecule has 0 spiro atoms. The molecule has 0 radical (unpaired) electrons. The molecule has 1 aromatic carbocycles. The highest BCUT2D eigenvalue weighted by Crippen LogP contribution is 2.37. The molecule has 1 aromatic rings. The number of halogens is 6. The van der Waals surface area contributed by atoms with E-state index in [9.17, 15) is 55.1 Å². The lowest BCUT2D eigenvalue weighted by Gasteiger charge is -2.26. The summed E-state index contributed by atoms with van der Waals surface area (Å²) in [6.45, 7) is 18.9. The zero-order chi connectivity index (χ0) is 54.2. The number of thiocarbonyl (C=S) groups is 1. The number of nitrogens with one attached hydrogen (secondary N) is 14. The number of carbonyl (C=O) groups is 6. The molecule has 0 bridgehead atoms. The van der Waals surface area contributed by atoms with Gasteiger partial charge in [0.15, 0.2) is 5.11 Å². The normalized spacial score (nSPS) is 14.2. The van der Waals surface area contributed by atoms with Crippen LogP contribution in [0.25, 0.3) is 0 Å². The minimum absolute atomic E-state index is 0.00210. The first-order chi connectivity index (χ1) is 32.9. The van der Waals surface area contributed by atoms with Gasteiger partial charge < -0.3 is 74.4 Å². The molecule has 0 aliphatic carbocycles. The van der Waals surface area contributed by atoms with E-state index in [-0.39, 0.29) is 86.2 Å². The Kier molecular flexibility index (Phi) is 27.3. The molecule has 0 saturated heterocycles. The van der Waals surface area contributed by atoms with E-state index in [4.69, 9.17) is 12.2 Å². The standard InChI is InChI=1S/C44H76F6N14O6S/c1-23(2)12-32(19-54-36(65)51-11)60-39(68)52-17-27(9)58-37(66)56-21-34(25(5)6)63-41(70)55-20-33(13-24(3)4)61-40(69)53-18-28(10)59-38(67)57-22-35(26(7)8)64-42(71)62-31-15-29(43(45,46)47)14-30(16-31)44(48,49)50/h14-16,23-28,32-35H,12-13,17-22H2,1-11H3,(H2,51,54,65)(H2,52,60,68)(H2,53,61,69)(H2,55,63,70)(H2,56,58,66)(H2,57,59,67)(H2,62,64,71)/t27-,28-,32-,33-,34+,35+/m0/s1. The summed E-state index contributed by atoms with van der Waals surface area (Å²) in [6.07, 6.45) is -8.96. The molecule has 0 aliphatic heterocycles. The highest BCUT2D eigenvalue weighted by atomic mass is 32.1. The Labute approximate surface area is 417 Å². The van der Waals surface area contributed by atoms with Crippen molar-refractivity contribution in [2.24, 2.45) is 23.7 Å². The first-order valence-corrected chi connectivity index (χ1v) is 23.8. The van der Waals surface area contributed by atoms with Crippen molar-refractivity contribution >= 4 is 59.2 Å². The van der Waals surface area contributed by atoms with Crippen molar-refractivity contribution in [3.05, 3.63) is 29.3 Å². The quantitative estimate of drug-likeness (QED) is 0.0459. The Balaban J connectivity index is 2.62. The summed E-state index contributed by atoms with van der Waals surface area (Å²) in [4.78, 5) is 75.6. The lowest BCUT2D eigenvalue weighted by molar-refractivity contribution is -0.143. The molecule has 71 heavy (non-hydrogen) atoms. The monoisotopic (exact) mass is 1040 g/mol.